The fourth-order valence-corrected chi connectivity index (χ4v) is 4.76. The normalized spacial score (nSPS) is 16.4. The molecule has 1 unspecified atom stereocenters. The molecule has 0 N–H and O–H groups in total. The Hall–Kier alpha value is -2.77. The van der Waals surface area contributed by atoms with Crippen LogP contribution >= 0.6 is 11.3 Å². The van der Waals surface area contributed by atoms with E-state index in [2.05, 4.69) is 57.2 Å². The summed E-state index contributed by atoms with van der Waals surface area (Å²) in [6.45, 7) is 5.96. The zero-order valence-corrected chi connectivity index (χ0v) is 17.2. The van der Waals surface area contributed by atoms with Crippen molar-refractivity contribution in [2.45, 2.75) is 19.4 Å². The Morgan fingerprint density at radius 1 is 0.966 bits per heavy atom. The van der Waals surface area contributed by atoms with Crippen LogP contribution in [0.25, 0.3) is 10.2 Å². The topological polar surface area (TPSA) is 58.3 Å². The van der Waals surface area contributed by atoms with E-state index in [0.29, 0.717) is 12.3 Å². The lowest BCUT2D eigenvalue weighted by molar-refractivity contribution is 0.164. The van der Waals surface area contributed by atoms with Gasteiger partial charge in [0.25, 0.3) is 0 Å². The standard InChI is InChI=1S/C22H23N5OS/c1-16(21-24-20(25-28-21)15-17-7-3-2-4-8-17)26-11-13-27(14-12-26)22-23-18-9-5-6-10-19(18)29-22/h2-10,16H,11-15H2,1H3. The number of anilines is 1. The first-order chi connectivity index (χ1) is 14.3. The Labute approximate surface area is 173 Å². The summed E-state index contributed by atoms with van der Waals surface area (Å²) in [6.07, 6.45) is 0.697. The third-order valence-corrected chi connectivity index (χ3v) is 6.56. The second-order valence-corrected chi connectivity index (χ2v) is 8.38. The van der Waals surface area contributed by atoms with Crippen molar-refractivity contribution in [3.8, 4) is 0 Å². The monoisotopic (exact) mass is 405 g/mol. The molecule has 29 heavy (non-hydrogen) atoms. The number of thiazole rings is 1. The number of nitrogens with zero attached hydrogens (tertiary/aromatic N) is 5. The predicted octanol–water partition coefficient (Wildman–Crippen LogP) is 4.15. The number of rotatable bonds is 5. The molecule has 1 saturated heterocycles. The van der Waals surface area contributed by atoms with Crippen molar-refractivity contribution in [1.82, 2.24) is 20.0 Å². The van der Waals surface area contributed by atoms with Crippen LogP contribution in [0.2, 0.25) is 0 Å². The average molecular weight is 406 g/mol. The van der Waals surface area contributed by atoms with E-state index in [-0.39, 0.29) is 6.04 Å². The van der Waals surface area contributed by atoms with E-state index in [0.717, 1.165) is 42.7 Å². The zero-order valence-electron chi connectivity index (χ0n) is 16.4. The lowest BCUT2D eigenvalue weighted by Crippen LogP contribution is -2.47. The number of para-hydroxylation sites is 1. The highest BCUT2D eigenvalue weighted by Crippen LogP contribution is 2.30. The number of hydrogen-bond acceptors (Lipinski definition) is 7. The molecule has 4 aromatic rings. The number of aromatic nitrogens is 3. The van der Waals surface area contributed by atoms with Crippen molar-refractivity contribution in [2.24, 2.45) is 0 Å². The van der Waals surface area contributed by atoms with E-state index in [1.807, 2.05) is 24.3 Å². The van der Waals surface area contributed by atoms with Crippen LogP contribution in [-0.2, 0) is 6.42 Å². The second-order valence-electron chi connectivity index (χ2n) is 7.37. The smallest absolute Gasteiger partial charge is 0.243 e. The molecule has 0 amide bonds. The van der Waals surface area contributed by atoms with Gasteiger partial charge in [-0.2, -0.15) is 4.98 Å². The Morgan fingerprint density at radius 2 is 1.72 bits per heavy atom. The van der Waals surface area contributed by atoms with Gasteiger partial charge >= 0.3 is 0 Å². The van der Waals surface area contributed by atoms with E-state index in [1.165, 1.54) is 10.3 Å². The Morgan fingerprint density at radius 3 is 2.52 bits per heavy atom. The lowest BCUT2D eigenvalue weighted by Gasteiger charge is -2.36. The maximum Gasteiger partial charge on any atom is 0.243 e. The molecule has 1 atom stereocenters. The summed E-state index contributed by atoms with van der Waals surface area (Å²) >= 11 is 1.77. The summed E-state index contributed by atoms with van der Waals surface area (Å²) in [5.41, 5.74) is 2.28. The van der Waals surface area contributed by atoms with Crippen LogP contribution in [-0.4, -0.2) is 46.2 Å². The minimum Gasteiger partial charge on any atom is -0.345 e. The number of fused-ring (bicyclic) bond motifs is 1. The predicted molar refractivity (Wildman–Crippen MR) is 115 cm³/mol. The largest absolute Gasteiger partial charge is 0.345 e. The molecule has 2 aromatic carbocycles. The molecule has 5 rings (SSSR count). The van der Waals surface area contributed by atoms with E-state index >= 15 is 0 Å². The molecule has 3 heterocycles. The Bertz CT molecular complexity index is 1050. The lowest BCUT2D eigenvalue weighted by atomic mass is 10.1. The molecule has 1 fully saturated rings. The summed E-state index contributed by atoms with van der Waals surface area (Å²) in [4.78, 5) is 14.2. The quantitative estimate of drug-likeness (QED) is 0.497. The van der Waals surface area contributed by atoms with Gasteiger partial charge in [0.2, 0.25) is 5.89 Å². The van der Waals surface area contributed by atoms with Gasteiger partial charge in [-0.25, -0.2) is 4.98 Å². The number of benzene rings is 2. The highest BCUT2D eigenvalue weighted by Gasteiger charge is 2.27. The van der Waals surface area contributed by atoms with E-state index in [9.17, 15) is 0 Å². The maximum absolute atomic E-state index is 5.58. The molecule has 0 aliphatic carbocycles. The molecular formula is C22H23N5OS. The van der Waals surface area contributed by atoms with Gasteiger partial charge in [-0.15, -0.1) is 0 Å². The second kappa shape index (κ2) is 7.93. The molecule has 6 nitrogen and oxygen atoms in total. The summed E-state index contributed by atoms with van der Waals surface area (Å²) in [6, 6.07) is 18.7. The highest BCUT2D eigenvalue weighted by molar-refractivity contribution is 7.22. The van der Waals surface area contributed by atoms with Crippen LogP contribution in [0.3, 0.4) is 0 Å². The number of piperazine rings is 1. The summed E-state index contributed by atoms with van der Waals surface area (Å²) in [7, 11) is 0. The van der Waals surface area contributed by atoms with Crippen molar-refractivity contribution < 1.29 is 4.52 Å². The summed E-state index contributed by atoms with van der Waals surface area (Å²) < 4.78 is 6.82. The van der Waals surface area contributed by atoms with Gasteiger partial charge < -0.3 is 9.42 Å². The van der Waals surface area contributed by atoms with Gasteiger partial charge in [-0.3, -0.25) is 4.90 Å². The van der Waals surface area contributed by atoms with Crippen LogP contribution in [0, 0.1) is 0 Å². The third-order valence-electron chi connectivity index (χ3n) is 5.46. The maximum atomic E-state index is 5.58. The van der Waals surface area contributed by atoms with E-state index in [4.69, 9.17) is 9.51 Å². The van der Waals surface area contributed by atoms with Crippen LogP contribution in [0.5, 0.6) is 0 Å². The van der Waals surface area contributed by atoms with Crippen molar-refractivity contribution >= 4 is 26.7 Å². The Balaban J connectivity index is 1.21. The van der Waals surface area contributed by atoms with Gasteiger partial charge in [0.05, 0.1) is 16.3 Å². The van der Waals surface area contributed by atoms with Gasteiger partial charge in [0.15, 0.2) is 11.0 Å². The SMILES string of the molecule is CC(c1nc(Cc2ccccc2)no1)N1CCN(c2nc3ccccc3s2)CC1. The van der Waals surface area contributed by atoms with Crippen molar-refractivity contribution in [3.05, 3.63) is 71.9 Å². The summed E-state index contributed by atoms with van der Waals surface area (Å²) in [5.74, 6) is 1.44. The molecule has 0 bridgehead atoms. The van der Waals surface area contributed by atoms with Crippen LogP contribution in [0.4, 0.5) is 5.13 Å². The van der Waals surface area contributed by atoms with Gasteiger partial charge in [0, 0.05) is 32.6 Å². The molecule has 7 heteroatoms. The molecule has 1 aliphatic heterocycles. The minimum absolute atomic E-state index is 0.115. The minimum atomic E-state index is 0.115. The summed E-state index contributed by atoms with van der Waals surface area (Å²) in [5, 5.41) is 5.30. The molecule has 2 aromatic heterocycles. The van der Waals surface area contributed by atoms with Gasteiger partial charge in [-0.05, 0) is 24.6 Å². The molecule has 0 spiro atoms. The van der Waals surface area contributed by atoms with Crippen molar-refractivity contribution in [1.29, 1.82) is 0 Å². The van der Waals surface area contributed by atoms with Crippen LogP contribution in [0.1, 0.15) is 30.2 Å². The fourth-order valence-electron chi connectivity index (χ4n) is 3.74. The first-order valence-corrected chi connectivity index (χ1v) is 10.8. The Kier molecular flexibility index (Phi) is 4.99. The molecular weight excluding hydrogens is 382 g/mol. The fraction of sp³-hybridized carbons (Fsp3) is 0.318. The van der Waals surface area contributed by atoms with Gasteiger partial charge in [0.1, 0.15) is 0 Å². The molecule has 148 valence electrons. The van der Waals surface area contributed by atoms with E-state index < -0.39 is 0 Å². The first kappa shape index (κ1) is 18.3. The van der Waals surface area contributed by atoms with Gasteiger partial charge in [-0.1, -0.05) is 59.0 Å². The molecule has 0 radical (unpaired) electrons. The first-order valence-electron chi connectivity index (χ1n) is 9.97. The average Bonchev–Trinajstić information content (AvgIpc) is 3.41. The zero-order chi connectivity index (χ0) is 19.6. The number of hydrogen-bond donors (Lipinski definition) is 0. The highest BCUT2D eigenvalue weighted by atomic mass is 32.1. The van der Waals surface area contributed by atoms with Crippen molar-refractivity contribution in [3.63, 3.8) is 0 Å². The molecule has 1 aliphatic rings. The third kappa shape index (κ3) is 3.88. The van der Waals surface area contributed by atoms with Crippen LogP contribution in [0.15, 0.2) is 59.1 Å². The van der Waals surface area contributed by atoms with Crippen LogP contribution < -0.4 is 4.90 Å². The van der Waals surface area contributed by atoms with E-state index in [1.54, 1.807) is 11.3 Å². The van der Waals surface area contributed by atoms with Crippen molar-refractivity contribution in [2.75, 3.05) is 31.1 Å². The molecule has 0 saturated carbocycles.